The lowest BCUT2D eigenvalue weighted by molar-refractivity contribution is -0.120. The maximum absolute atomic E-state index is 12.0. The number of aryl methyl sites for hydroxylation is 1. The van der Waals surface area contributed by atoms with Crippen LogP contribution in [0.5, 0.6) is 0 Å². The molecule has 1 heterocycles. The number of rotatable bonds is 6. The molecule has 0 saturated heterocycles. The fourth-order valence-corrected chi connectivity index (χ4v) is 1.80. The van der Waals surface area contributed by atoms with Gasteiger partial charge in [0.05, 0.1) is 0 Å². The van der Waals surface area contributed by atoms with Gasteiger partial charge in [-0.25, -0.2) is 4.98 Å². The lowest BCUT2D eigenvalue weighted by Crippen LogP contribution is -2.22. The van der Waals surface area contributed by atoms with Crippen molar-refractivity contribution in [1.82, 2.24) is 4.98 Å². The van der Waals surface area contributed by atoms with Gasteiger partial charge in [0.2, 0.25) is 5.91 Å². The predicted octanol–water partition coefficient (Wildman–Crippen LogP) is 3.54. The van der Waals surface area contributed by atoms with Crippen LogP contribution in [0.3, 0.4) is 0 Å². The number of aromatic nitrogens is 1. The number of carbonyl (C=O) groups excluding carboxylic acids is 1. The minimum absolute atomic E-state index is 0.0963. The Hall–Kier alpha value is -1.38. The molecule has 3 nitrogen and oxygen atoms in total. The maximum Gasteiger partial charge on any atom is 0.228 e. The molecule has 0 aliphatic rings. The third kappa shape index (κ3) is 4.55. The quantitative estimate of drug-likeness (QED) is 0.818. The second-order valence-corrected chi connectivity index (χ2v) is 4.46. The summed E-state index contributed by atoms with van der Waals surface area (Å²) in [5, 5.41) is 2.89. The van der Waals surface area contributed by atoms with E-state index in [2.05, 4.69) is 24.1 Å². The Balaban J connectivity index is 2.57. The third-order valence-corrected chi connectivity index (χ3v) is 2.94. The molecule has 0 bridgehead atoms. The molecule has 0 aliphatic heterocycles. The summed E-state index contributed by atoms with van der Waals surface area (Å²) in [5.41, 5.74) is 1.11. The first-order valence-corrected chi connectivity index (χ1v) is 6.40. The van der Waals surface area contributed by atoms with Crippen LogP contribution in [0.15, 0.2) is 18.3 Å². The molecular formula is C14H22N2O. The van der Waals surface area contributed by atoms with Crippen LogP contribution < -0.4 is 5.32 Å². The average Bonchev–Trinajstić information content (AvgIpc) is 2.30. The number of hydrogen-bond acceptors (Lipinski definition) is 2. The standard InChI is InChI=1S/C14H22N2O/c1-4-6-7-12(5-2)14(17)16-13-10-11(3)8-9-15-13/h8-10,12H,4-7H2,1-3H3,(H,15,16,17). The second-order valence-electron chi connectivity index (χ2n) is 4.46. The molecule has 0 aromatic carbocycles. The van der Waals surface area contributed by atoms with E-state index in [0.29, 0.717) is 5.82 Å². The number of nitrogens with one attached hydrogen (secondary N) is 1. The first kappa shape index (κ1) is 13.7. The number of carbonyl (C=O) groups is 1. The van der Waals surface area contributed by atoms with Gasteiger partial charge in [0.15, 0.2) is 0 Å². The highest BCUT2D eigenvalue weighted by Gasteiger charge is 2.16. The number of nitrogens with zero attached hydrogens (tertiary/aromatic N) is 1. The van der Waals surface area contributed by atoms with Crippen LogP contribution in [0.1, 0.15) is 45.1 Å². The van der Waals surface area contributed by atoms with E-state index in [-0.39, 0.29) is 11.8 Å². The van der Waals surface area contributed by atoms with Crippen LogP contribution in [-0.4, -0.2) is 10.9 Å². The summed E-state index contributed by atoms with van der Waals surface area (Å²) < 4.78 is 0. The SMILES string of the molecule is CCCCC(CC)C(=O)Nc1cc(C)ccn1. The molecule has 1 rings (SSSR count). The number of anilines is 1. The van der Waals surface area contributed by atoms with Crippen molar-refractivity contribution in [2.75, 3.05) is 5.32 Å². The Kier molecular flexibility index (Phi) is 5.67. The maximum atomic E-state index is 12.0. The van der Waals surface area contributed by atoms with E-state index in [1.165, 1.54) is 0 Å². The molecule has 1 N–H and O–H groups in total. The van der Waals surface area contributed by atoms with Crippen molar-refractivity contribution in [2.45, 2.75) is 46.5 Å². The van der Waals surface area contributed by atoms with E-state index in [9.17, 15) is 4.79 Å². The zero-order chi connectivity index (χ0) is 12.7. The normalized spacial score (nSPS) is 12.2. The summed E-state index contributed by atoms with van der Waals surface area (Å²) >= 11 is 0. The molecule has 0 fully saturated rings. The summed E-state index contributed by atoms with van der Waals surface area (Å²) in [6.07, 6.45) is 5.81. The van der Waals surface area contributed by atoms with Crippen LogP contribution in [0, 0.1) is 12.8 Å². The summed E-state index contributed by atoms with van der Waals surface area (Å²) in [4.78, 5) is 16.2. The van der Waals surface area contributed by atoms with E-state index >= 15 is 0 Å². The van der Waals surface area contributed by atoms with Crippen LogP contribution in [0.4, 0.5) is 5.82 Å². The molecule has 0 aliphatic carbocycles. The predicted molar refractivity (Wildman–Crippen MR) is 70.9 cm³/mol. The molecular weight excluding hydrogens is 212 g/mol. The van der Waals surface area contributed by atoms with Gasteiger partial charge < -0.3 is 5.32 Å². The molecule has 0 radical (unpaired) electrons. The van der Waals surface area contributed by atoms with Gasteiger partial charge in [-0.15, -0.1) is 0 Å². The van der Waals surface area contributed by atoms with Crippen LogP contribution in [0.2, 0.25) is 0 Å². The van der Waals surface area contributed by atoms with Gasteiger partial charge in [0.1, 0.15) is 5.82 Å². The minimum atomic E-state index is 0.0963. The van der Waals surface area contributed by atoms with Gasteiger partial charge in [-0.05, 0) is 37.5 Å². The van der Waals surface area contributed by atoms with E-state index in [0.717, 1.165) is 31.2 Å². The van der Waals surface area contributed by atoms with E-state index in [1.807, 2.05) is 19.1 Å². The summed E-state index contributed by atoms with van der Waals surface area (Å²) in [5.74, 6) is 0.862. The topological polar surface area (TPSA) is 42.0 Å². The second kappa shape index (κ2) is 7.05. The van der Waals surface area contributed by atoms with Gasteiger partial charge in [-0.3, -0.25) is 4.79 Å². The van der Waals surface area contributed by atoms with Gasteiger partial charge >= 0.3 is 0 Å². The van der Waals surface area contributed by atoms with Gasteiger partial charge in [-0.1, -0.05) is 26.7 Å². The highest BCUT2D eigenvalue weighted by atomic mass is 16.1. The molecule has 1 aromatic heterocycles. The van der Waals surface area contributed by atoms with Gasteiger partial charge in [-0.2, -0.15) is 0 Å². The minimum Gasteiger partial charge on any atom is -0.310 e. The summed E-state index contributed by atoms with van der Waals surface area (Å²) in [6, 6.07) is 3.81. The van der Waals surface area contributed by atoms with Crippen LogP contribution in [0.25, 0.3) is 0 Å². The first-order chi connectivity index (χ1) is 8.17. The van der Waals surface area contributed by atoms with Crippen molar-refractivity contribution in [1.29, 1.82) is 0 Å². The van der Waals surface area contributed by atoms with Gasteiger partial charge in [0.25, 0.3) is 0 Å². The zero-order valence-corrected chi connectivity index (χ0v) is 11.0. The van der Waals surface area contributed by atoms with E-state index in [1.54, 1.807) is 6.20 Å². The van der Waals surface area contributed by atoms with Crippen molar-refractivity contribution in [3.63, 3.8) is 0 Å². The Morgan fingerprint density at radius 3 is 2.82 bits per heavy atom. The molecule has 1 atom stereocenters. The van der Waals surface area contributed by atoms with Crippen molar-refractivity contribution in [3.05, 3.63) is 23.9 Å². The smallest absolute Gasteiger partial charge is 0.228 e. The zero-order valence-electron chi connectivity index (χ0n) is 11.0. The van der Waals surface area contributed by atoms with Gasteiger partial charge in [0, 0.05) is 12.1 Å². The van der Waals surface area contributed by atoms with Crippen LogP contribution in [-0.2, 0) is 4.79 Å². The summed E-state index contributed by atoms with van der Waals surface area (Å²) in [6.45, 7) is 6.20. The Bertz CT molecular complexity index is 363. The lowest BCUT2D eigenvalue weighted by atomic mass is 9.98. The molecule has 0 saturated carbocycles. The molecule has 94 valence electrons. The summed E-state index contributed by atoms with van der Waals surface area (Å²) in [7, 11) is 0. The fourth-order valence-electron chi connectivity index (χ4n) is 1.80. The first-order valence-electron chi connectivity index (χ1n) is 6.40. The molecule has 1 aromatic rings. The lowest BCUT2D eigenvalue weighted by Gasteiger charge is -2.14. The average molecular weight is 234 g/mol. The van der Waals surface area contributed by atoms with E-state index in [4.69, 9.17) is 0 Å². The monoisotopic (exact) mass is 234 g/mol. The number of hydrogen-bond donors (Lipinski definition) is 1. The Labute approximate surface area is 104 Å². The van der Waals surface area contributed by atoms with Crippen molar-refractivity contribution >= 4 is 11.7 Å². The molecule has 0 spiro atoms. The Morgan fingerprint density at radius 1 is 1.47 bits per heavy atom. The number of amides is 1. The van der Waals surface area contributed by atoms with Crippen LogP contribution >= 0.6 is 0 Å². The fraction of sp³-hybridized carbons (Fsp3) is 0.571. The molecule has 1 unspecified atom stereocenters. The van der Waals surface area contributed by atoms with E-state index < -0.39 is 0 Å². The highest BCUT2D eigenvalue weighted by Crippen LogP contribution is 2.15. The molecule has 3 heteroatoms. The van der Waals surface area contributed by atoms with Crippen molar-refractivity contribution < 1.29 is 4.79 Å². The number of unbranched alkanes of at least 4 members (excludes halogenated alkanes) is 1. The van der Waals surface area contributed by atoms with Crippen molar-refractivity contribution in [3.8, 4) is 0 Å². The highest BCUT2D eigenvalue weighted by molar-refractivity contribution is 5.91. The largest absolute Gasteiger partial charge is 0.310 e. The number of pyridine rings is 1. The third-order valence-electron chi connectivity index (χ3n) is 2.94. The van der Waals surface area contributed by atoms with Crippen molar-refractivity contribution in [2.24, 2.45) is 5.92 Å². The molecule has 1 amide bonds. The Morgan fingerprint density at radius 2 is 2.24 bits per heavy atom. The molecule has 17 heavy (non-hydrogen) atoms.